The fourth-order valence-corrected chi connectivity index (χ4v) is 2.36. The summed E-state index contributed by atoms with van der Waals surface area (Å²) in [6.07, 6.45) is 0. The van der Waals surface area contributed by atoms with Gasteiger partial charge in [0.2, 0.25) is 0 Å². The molecule has 0 saturated heterocycles. The van der Waals surface area contributed by atoms with Crippen molar-refractivity contribution in [3.05, 3.63) is 70.8 Å². The first-order chi connectivity index (χ1) is 9.49. The van der Waals surface area contributed by atoms with Gasteiger partial charge in [-0.1, -0.05) is 42.0 Å². The third-order valence-electron chi connectivity index (χ3n) is 3.49. The van der Waals surface area contributed by atoms with E-state index in [-0.39, 0.29) is 12.1 Å². The quantitative estimate of drug-likeness (QED) is 0.854. The Balaban J connectivity index is 2.15. The molecule has 0 spiro atoms. The maximum atomic E-state index is 13.8. The highest BCUT2D eigenvalue weighted by Gasteiger charge is 2.16. The Morgan fingerprint density at radius 1 is 0.950 bits per heavy atom. The Labute approximate surface area is 118 Å². The van der Waals surface area contributed by atoms with E-state index in [0.29, 0.717) is 5.56 Å². The molecule has 0 aliphatic carbocycles. The van der Waals surface area contributed by atoms with Crippen LogP contribution < -0.4 is 5.32 Å². The first-order valence-electron chi connectivity index (χ1n) is 6.75. The fraction of sp³-hybridized carbons (Fsp3) is 0.294. The summed E-state index contributed by atoms with van der Waals surface area (Å²) in [5.74, 6) is -1.58. The second-order valence-electron chi connectivity index (χ2n) is 5.17. The molecule has 20 heavy (non-hydrogen) atoms. The molecular formula is C17H19F2N. The number of hydrogen-bond donors (Lipinski definition) is 1. The second kappa shape index (κ2) is 6.14. The molecule has 3 heteroatoms. The molecule has 0 aromatic heterocycles. The van der Waals surface area contributed by atoms with Crippen LogP contribution in [0.15, 0.2) is 42.5 Å². The monoisotopic (exact) mass is 275 g/mol. The Bertz CT molecular complexity index is 595. The van der Waals surface area contributed by atoms with Crippen LogP contribution in [-0.2, 0) is 0 Å². The van der Waals surface area contributed by atoms with E-state index >= 15 is 0 Å². The minimum atomic E-state index is -0.806. The van der Waals surface area contributed by atoms with Gasteiger partial charge in [0, 0.05) is 17.6 Å². The third kappa shape index (κ3) is 3.23. The number of nitrogens with one attached hydrogen (secondary N) is 1. The molecule has 0 aliphatic heterocycles. The van der Waals surface area contributed by atoms with Crippen molar-refractivity contribution in [1.82, 2.24) is 5.32 Å². The lowest BCUT2D eigenvalue weighted by atomic mass is 10.0. The van der Waals surface area contributed by atoms with Gasteiger partial charge in [0.05, 0.1) is 0 Å². The summed E-state index contributed by atoms with van der Waals surface area (Å²) in [6, 6.07) is 12.2. The van der Waals surface area contributed by atoms with Crippen LogP contribution in [0.2, 0.25) is 0 Å². The van der Waals surface area contributed by atoms with Crippen molar-refractivity contribution >= 4 is 0 Å². The van der Waals surface area contributed by atoms with Crippen molar-refractivity contribution in [2.24, 2.45) is 0 Å². The Morgan fingerprint density at radius 3 is 2.35 bits per heavy atom. The number of aryl methyl sites for hydroxylation is 1. The first-order valence-corrected chi connectivity index (χ1v) is 6.75. The van der Waals surface area contributed by atoms with Crippen molar-refractivity contribution in [2.45, 2.75) is 32.9 Å². The Kier molecular flexibility index (Phi) is 4.50. The summed E-state index contributed by atoms with van der Waals surface area (Å²) in [5, 5.41) is 3.30. The topological polar surface area (TPSA) is 12.0 Å². The molecule has 0 saturated carbocycles. The second-order valence-corrected chi connectivity index (χ2v) is 5.17. The van der Waals surface area contributed by atoms with Gasteiger partial charge in [-0.3, -0.25) is 0 Å². The van der Waals surface area contributed by atoms with Gasteiger partial charge < -0.3 is 5.32 Å². The molecule has 2 rings (SSSR count). The van der Waals surface area contributed by atoms with Crippen LogP contribution in [-0.4, -0.2) is 0 Å². The van der Waals surface area contributed by atoms with Gasteiger partial charge in [0.1, 0.15) is 0 Å². The molecule has 0 aliphatic rings. The highest BCUT2D eigenvalue weighted by molar-refractivity contribution is 5.26. The van der Waals surface area contributed by atoms with Crippen LogP contribution in [0.4, 0.5) is 8.78 Å². The predicted octanol–water partition coefficient (Wildman–Crippen LogP) is 4.69. The Morgan fingerprint density at radius 2 is 1.65 bits per heavy atom. The van der Waals surface area contributed by atoms with Crippen LogP contribution in [0.25, 0.3) is 0 Å². The molecule has 1 nitrogen and oxygen atoms in total. The average molecular weight is 275 g/mol. The van der Waals surface area contributed by atoms with Gasteiger partial charge in [-0.15, -0.1) is 0 Å². The van der Waals surface area contributed by atoms with Crippen molar-refractivity contribution in [3.8, 4) is 0 Å². The highest BCUT2D eigenvalue weighted by Crippen LogP contribution is 2.23. The molecule has 0 bridgehead atoms. The lowest BCUT2D eigenvalue weighted by molar-refractivity contribution is 0.449. The average Bonchev–Trinajstić information content (AvgIpc) is 2.41. The summed E-state index contributed by atoms with van der Waals surface area (Å²) in [6.45, 7) is 5.89. The third-order valence-corrected chi connectivity index (χ3v) is 3.49. The van der Waals surface area contributed by atoms with E-state index in [1.165, 1.54) is 11.6 Å². The number of hydrogen-bond acceptors (Lipinski definition) is 1. The predicted molar refractivity (Wildman–Crippen MR) is 77.5 cm³/mol. The summed E-state index contributed by atoms with van der Waals surface area (Å²) in [4.78, 5) is 0. The molecule has 106 valence electrons. The van der Waals surface area contributed by atoms with E-state index in [4.69, 9.17) is 0 Å². The van der Waals surface area contributed by atoms with Gasteiger partial charge in [0.15, 0.2) is 11.6 Å². The lowest BCUT2D eigenvalue weighted by Crippen LogP contribution is -2.23. The molecular weight excluding hydrogens is 256 g/mol. The molecule has 2 atom stereocenters. The molecule has 0 fully saturated rings. The highest BCUT2D eigenvalue weighted by atomic mass is 19.2. The van der Waals surface area contributed by atoms with E-state index in [9.17, 15) is 8.78 Å². The largest absolute Gasteiger partial charge is 0.304 e. The zero-order valence-electron chi connectivity index (χ0n) is 12.0. The maximum Gasteiger partial charge on any atom is 0.163 e. The van der Waals surface area contributed by atoms with E-state index < -0.39 is 11.6 Å². The minimum Gasteiger partial charge on any atom is -0.304 e. The van der Waals surface area contributed by atoms with Crippen molar-refractivity contribution < 1.29 is 8.78 Å². The fourth-order valence-electron chi connectivity index (χ4n) is 2.36. The van der Waals surface area contributed by atoms with Crippen molar-refractivity contribution in [3.63, 3.8) is 0 Å². The van der Waals surface area contributed by atoms with E-state index in [2.05, 4.69) is 11.4 Å². The summed E-state index contributed by atoms with van der Waals surface area (Å²) >= 11 is 0. The van der Waals surface area contributed by atoms with Gasteiger partial charge in [-0.25, -0.2) is 8.78 Å². The normalized spacial score (nSPS) is 14.1. The van der Waals surface area contributed by atoms with Crippen LogP contribution in [0.1, 0.15) is 42.6 Å². The van der Waals surface area contributed by atoms with Gasteiger partial charge in [0.25, 0.3) is 0 Å². The summed E-state index contributed by atoms with van der Waals surface area (Å²) < 4.78 is 27.0. The van der Waals surface area contributed by atoms with E-state index in [1.807, 2.05) is 39.0 Å². The van der Waals surface area contributed by atoms with Crippen LogP contribution in [0.5, 0.6) is 0 Å². The minimum absolute atomic E-state index is 0.0626. The zero-order chi connectivity index (χ0) is 14.7. The molecule has 0 heterocycles. The number of benzene rings is 2. The van der Waals surface area contributed by atoms with Gasteiger partial charge in [-0.05, 0) is 32.4 Å². The SMILES string of the molecule is Cc1cccc([C@H](C)NC(C)c2cccc(F)c2F)c1. The molecule has 1 unspecified atom stereocenters. The first kappa shape index (κ1) is 14.7. The maximum absolute atomic E-state index is 13.8. The molecule has 2 aromatic carbocycles. The molecule has 0 radical (unpaired) electrons. The molecule has 1 N–H and O–H groups in total. The smallest absolute Gasteiger partial charge is 0.163 e. The molecule has 2 aromatic rings. The molecule has 0 amide bonds. The van der Waals surface area contributed by atoms with Crippen molar-refractivity contribution in [2.75, 3.05) is 0 Å². The Hall–Kier alpha value is -1.74. The van der Waals surface area contributed by atoms with Gasteiger partial charge in [-0.2, -0.15) is 0 Å². The number of rotatable bonds is 4. The van der Waals surface area contributed by atoms with Crippen LogP contribution >= 0.6 is 0 Å². The van der Waals surface area contributed by atoms with Gasteiger partial charge >= 0.3 is 0 Å². The standard InChI is InChI=1S/C17H19F2N/c1-11-6-4-7-14(10-11)12(2)20-13(3)15-8-5-9-16(18)17(15)19/h4-10,12-13,20H,1-3H3/t12-,13?/m0/s1. The summed E-state index contributed by atoms with van der Waals surface area (Å²) in [7, 11) is 0. The number of halogens is 2. The van der Waals surface area contributed by atoms with E-state index in [1.54, 1.807) is 6.07 Å². The van der Waals surface area contributed by atoms with Crippen LogP contribution in [0.3, 0.4) is 0 Å². The van der Waals surface area contributed by atoms with Crippen LogP contribution in [0, 0.1) is 18.6 Å². The van der Waals surface area contributed by atoms with E-state index in [0.717, 1.165) is 11.6 Å². The zero-order valence-corrected chi connectivity index (χ0v) is 12.0. The van der Waals surface area contributed by atoms with Crippen molar-refractivity contribution in [1.29, 1.82) is 0 Å². The lowest BCUT2D eigenvalue weighted by Gasteiger charge is -2.21. The summed E-state index contributed by atoms with van der Waals surface area (Å²) in [5.41, 5.74) is 2.67.